The maximum Gasteiger partial charge on any atom is -0.147 e. The third kappa shape index (κ3) is 5.31. The van der Waals surface area contributed by atoms with E-state index in [1.165, 1.54) is 33.0 Å². The number of fused-ring (bicyclic) bond motifs is 2. The first-order chi connectivity index (χ1) is 13.4. The third-order valence-corrected chi connectivity index (χ3v) is 19.9. The van der Waals surface area contributed by atoms with Crippen molar-refractivity contribution in [2.45, 2.75) is 39.2 Å². The summed E-state index contributed by atoms with van der Waals surface area (Å²) in [6.45, 7) is 9.21. The minimum Gasteiger partial charge on any atom is -0.147 e. The van der Waals surface area contributed by atoms with Crippen LogP contribution in [0.2, 0.25) is 9.26 Å². The van der Waals surface area contributed by atoms with Crippen molar-refractivity contribution in [3.05, 3.63) is 81.8 Å². The van der Waals surface area contributed by atoms with Crippen molar-refractivity contribution in [2.24, 2.45) is 0 Å². The molecule has 0 fully saturated rings. The summed E-state index contributed by atoms with van der Waals surface area (Å²) in [5.41, 5.74) is 5.83. The van der Waals surface area contributed by atoms with Gasteiger partial charge in [-0.15, -0.1) is 24.8 Å². The quantitative estimate of drug-likeness (QED) is 0.298. The minimum absolute atomic E-state index is 0. The van der Waals surface area contributed by atoms with Crippen LogP contribution in [-0.4, -0.2) is 12.4 Å². The van der Waals surface area contributed by atoms with Crippen LogP contribution in [0.4, 0.5) is 0 Å². The number of halogens is 3. The number of allylic oxidation sites excluding steroid dienone is 1. The summed E-state index contributed by atoms with van der Waals surface area (Å²) in [7, 11) is 0. The molecule has 1 aliphatic carbocycles. The zero-order chi connectivity index (χ0) is 21.1. The molecule has 0 bridgehead atoms. The van der Waals surface area contributed by atoms with Gasteiger partial charge in [-0.2, -0.15) is 0 Å². The molecule has 1 atom stereocenters. The summed E-state index contributed by atoms with van der Waals surface area (Å²) >= 11 is 0.383. The molecule has 1 nitrogen and oxygen atoms in total. The van der Waals surface area contributed by atoms with E-state index in [0.29, 0.717) is 3.63 Å². The topological polar surface area (TPSA) is 12.0 Å². The first kappa shape index (κ1) is 27.0. The molecule has 0 saturated carbocycles. The van der Waals surface area contributed by atoms with Gasteiger partial charge in [-0.25, -0.2) is 0 Å². The number of hydrogen-bond donors (Lipinski definition) is 1. The third-order valence-electron chi connectivity index (χ3n) is 5.82. The van der Waals surface area contributed by atoms with Crippen LogP contribution < -0.4 is 3.26 Å². The zero-order valence-corrected chi connectivity index (χ0v) is 25.9. The van der Waals surface area contributed by atoms with Gasteiger partial charge >= 0.3 is 187 Å². The van der Waals surface area contributed by atoms with Crippen LogP contribution in [0.15, 0.2) is 65.1 Å². The molecular formula is C25H32BrCl2NSiZr. The number of benzene rings is 3. The van der Waals surface area contributed by atoms with Crippen molar-refractivity contribution >= 4 is 70.0 Å². The molecule has 1 unspecified atom stereocenters. The van der Waals surface area contributed by atoms with Gasteiger partial charge in [-0.05, 0) is 0 Å². The molecule has 0 amide bonds. The molecule has 166 valence electrons. The summed E-state index contributed by atoms with van der Waals surface area (Å²) in [6, 6.07) is 22.3. The van der Waals surface area contributed by atoms with Crippen LogP contribution >= 0.6 is 40.7 Å². The van der Waals surface area contributed by atoms with Gasteiger partial charge in [0.05, 0.1) is 0 Å². The predicted molar refractivity (Wildman–Crippen MR) is 146 cm³/mol. The molecular weight excluding hydrogens is 584 g/mol. The molecule has 0 aliphatic heterocycles. The molecule has 6 heteroatoms. The van der Waals surface area contributed by atoms with Crippen molar-refractivity contribution in [3.63, 3.8) is 0 Å². The van der Waals surface area contributed by atoms with E-state index in [-0.39, 0.29) is 30.4 Å². The first-order valence-corrected chi connectivity index (χ1v) is 24.6. The summed E-state index contributed by atoms with van der Waals surface area (Å²) in [4.78, 5) is 0. The normalized spacial score (nSPS) is 16.2. The first-order valence-electron chi connectivity index (χ1n) is 10.3. The number of rotatable bonds is 3. The molecule has 0 saturated heterocycles. The van der Waals surface area contributed by atoms with Gasteiger partial charge in [0.2, 0.25) is 0 Å². The maximum atomic E-state index is 4.19. The molecule has 31 heavy (non-hydrogen) atoms. The monoisotopic (exact) mass is 613 g/mol. The van der Waals surface area contributed by atoms with Crippen molar-refractivity contribution in [2.75, 3.05) is 0 Å². The van der Waals surface area contributed by atoms with E-state index in [2.05, 4.69) is 123 Å². The Balaban J connectivity index is 0.00000171. The van der Waals surface area contributed by atoms with Crippen molar-refractivity contribution < 1.29 is 17.7 Å². The van der Waals surface area contributed by atoms with Crippen molar-refractivity contribution in [1.82, 2.24) is 3.26 Å². The molecule has 0 heterocycles. The minimum atomic E-state index is -3.37. The second-order valence-corrected chi connectivity index (χ2v) is 40.1. The van der Waals surface area contributed by atoms with E-state index >= 15 is 0 Å². The average Bonchev–Trinajstić information content (AvgIpc) is 3.00. The molecule has 1 aliphatic rings. The Morgan fingerprint density at radius 2 is 1.48 bits per heavy atom. The van der Waals surface area contributed by atoms with E-state index in [9.17, 15) is 0 Å². The summed E-state index contributed by atoms with van der Waals surface area (Å²) in [6.07, 6.45) is 2.45. The summed E-state index contributed by atoms with van der Waals surface area (Å²) in [5, 5.41) is 2.61. The Kier molecular flexibility index (Phi) is 8.02. The van der Waals surface area contributed by atoms with Gasteiger partial charge in [-0.1, -0.05) is 0 Å². The fourth-order valence-electron chi connectivity index (χ4n) is 5.38. The molecule has 0 radical (unpaired) electrons. The molecule has 3 aromatic rings. The summed E-state index contributed by atoms with van der Waals surface area (Å²) < 4.78 is 11.0. The van der Waals surface area contributed by atoms with Crippen molar-refractivity contribution in [3.8, 4) is 0 Å². The van der Waals surface area contributed by atoms with Crippen molar-refractivity contribution in [1.29, 1.82) is 0 Å². The molecule has 0 aromatic heterocycles. The molecule has 1 N–H and O–H groups in total. The van der Waals surface area contributed by atoms with E-state index in [1.54, 1.807) is 0 Å². The Morgan fingerprint density at radius 1 is 0.871 bits per heavy atom. The Bertz CT molecular complexity index is 1220. The molecule has 0 spiro atoms. The predicted octanol–water partition coefficient (Wildman–Crippen LogP) is 7.68. The zero-order valence-electron chi connectivity index (χ0n) is 18.8. The fourth-order valence-corrected chi connectivity index (χ4v) is 24.2. The van der Waals surface area contributed by atoms with E-state index in [1.807, 2.05) is 0 Å². The van der Waals surface area contributed by atoms with Gasteiger partial charge in [-0.3, -0.25) is 0 Å². The number of nitrogens with one attached hydrogen (secondary N) is 1. The SMILES string of the molecule is CC(C)(C)[NH][Zr]([CH3])([CH3])(=[SiH2])[CH]1C(c2cccc3c(Br)cccc23)=Cc2ccccc21.Cl.Cl. The Hall–Kier alpha value is -0.220. The van der Waals surface area contributed by atoms with Crippen LogP contribution in [0.1, 0.15) is 41.1 Å². The van der Waals surface area contributed by atoms with E-state index in [4.69, 9.17) is 0 Å². The van der Waals surface area contributed by atoms with Gasteiger partial charge in [0, 0.05) is 0 Å². The smallest absolute Gasteiger partial charge is 0.147 e. The van der Waals surface area contributed by atoms with E-state index < -0.39 is 17.7 Å². The fraction of sp³-hybridized carbons (Fsp3) is 0.280. The van der Waals surface area contributed by atoms with Gasteiger partial charge in [0.15, 0.2) is 0 Å². The van der Waals surface area contributed by atoms with E-state index in [0.717, 1.165) is 4.47 Å². The second kappa shape index (κ2) is 9.20. The van der Waals surface area contributed by atoms with Gasteiger partial charge < -0.3 is 0 Å². The Labute approximate surface area is 210 Å². The van der Waals surface area contributed by atoms with Crippen LogP contribution in [0, 0.1) is 0 Å². The van der Waals surface area contributed by atoms with Gasteiger partial charge in [0.25, 0.3) is 0 Å². The maximum absolute atomic E-state index is 4.19. The second-order valence-electron chi connectivity index (χ2n) is 10.5. The van der Waals surface area contributed by atoms with Crippen LogP contribution in [0.3, 0.4) is 0 Å². The average molecular weight is 617 g/mol. The summed E-state index contributed by atoms with van der Waals surface area (Å²) in [5.74, 6) is 0. The number of hydrogen-bond acceptors (Lipinski definition) is 1. The largest absolute Gasteiger partial charge is 0.147 e. The molecule has 4 rings (SSSR count). The van der Waals surface area contributed by atoms with Crippen LogP contribution in [0.5, 0.6) is 0 Å². The van der Waals surface area contributed by atoms with Crippen LogP contribution in [0.25, 0.3) is 22.4 Å². The van der Waals surface area contributed by atoms with Gasteiger partial charge in [0.1, 0.15) is 0 Å². The standard InChI is InChI=1S/C19H12Br.C4H10N.2CH3.2ClH.H2Si.Zr/c20-19-10-4-8-17-16(7-3-9-18(17)19)15-11-13-5-1-2-6-14(13)12-15;1-4(2,3)5;;;;;;/h1-12H;5H,1-3H3;2*1H3;2*1H;1H2;/q;-1;;;;;;+1. The van der Waals surface area contributed by atoms with Crippen LogP contribution in [-0.2, 0) is 17.7 Å². The Morgan fingerprint density at radius 3 is 2.16 bits per heavy atom. The molecule has 3 aromatic carbocycles.